The second kappa shape index (κ2) is 8.26. The maximum absolute atomic E-state index is 12.4. The Kier molecular flexibility index (Phi) is 5.72. The normalized spacial score (nSPS) is 15.7. The van der Waals surface area contributed by atoms with Gasteiger partial charge in [0.2, 0.25) is 10.0 Å². The Morgan fingerprint density at radius 2 is 1.66 bits per heavy atom. The van der Waals surface area contributed by atoms with E-state index in [-0.39, 0.29) is 5.75 Å². The Bertz CT molecular complexity index is 1130. The largest absolute Gasteiger partial charge is 0.353 e. The number of hydrogen-bond donors (Lipinski definition) is 0. The number of fused-ring (bicyclic) bond motifs is 1. The molecule has 0 N–H and O–H groups in total. The monoisotopic (exact) mass is 430 g/mol. The first kappa shape index (κ1) is 20.1. The van der Waals surface area contributed by atoms with Crippen molar-refractivity contribution < 1.29 is 8.42 Å². The molecule has 1 fully saturated rings. The van der Waals surface area contributed by atoms with Gasteiger partial charge in [0.05, 0.1) is 16.3 Å². The molecular weight excluding hydrogens is 408 g/mol. The molecule has 1 aliphatic heterocycles. The fourth-order valence-corrected chi connectivity index (χ4v) is 5.34. The first-order valence-electron chi connectivity index (χ1n) is 9.74. The van der Waals surface area contributed by atoms with Gasteiger partial charge in [-0.1, -0.05) is 42.8 Å². The number of halogens is 1. The Labute approximate surface area is 176 Å². The molecule has 6 nitrogen and oxygen atoms in total. The average molecular weight is 431 g/mol. The zero-order valence-corrected chi connectivity index (χ0v) is 17.8. The van der Waals surface area contributed by atoms with Crippen molar-refractivity contribution in [1.82, 2.24) is 14.3 Å². The van der Waals surface area contributed by atoms with Crippen molar-refractivity contribution in [3.63, 3.8) is 0 Å². The zero-order chi connectivity index (χ0) is 20.4. The van der Waals surface area contributed by atoms with E-state index in [4.69, 9.17) is 21.6 Å². The molecule has 29 heavy (non-hydrogen) atoms. The van der Waals surface area contributed by atoms with Gasteiger partial charge >= 0.3 is 0 Å². The van der Waals surface area contributed by atoms with Gasteiger partial charge in [0.1, 0.15) is 5.82 Å². The Hall–Kier alpha value is -2.22. The van der Waals surface area contributed by atoms with E-state index in [2.05, 4.69) is 4.90 Å². The second-order valence-electron chi connectivity index (χ2n) is 7.07. The van der Waals surface area contributed by atoms with Crippen LogP contribution in [0.1, 0.15) is 13.3 Å². The van der Waals surface area contributed by atoms with Gasteiger partial charge in [0.25, 0.3) is 0 Å². The van der Waals surface area contributed by atoms with Crippen molar-refractivity contribution in [1.29, 1.82) is 0 Å². The minimum Gasteiger partial charge on any atom is -0.353 e. The minimum absolute atomic E-state index is 0.195. The lowest BCUT2D eigenvalue weighted by molar-refractivity contribution is 0.384. The highest BCUT2D eigenvalue weighted by molar-refractivity contribution is 7.89. The molecule has 8 heteroatoms. The molecule has 152 valence electrons. The van der Waals surface area contributed by atoms with Crippen LogP contribution in [0.15, 0.2) is 48.5 Å². The highest BCUT2D eigenvalue weighted by Crippen LogP contribution is 2.31. The van der Waals surface area contributed by atoms with Crippen LogP contribution >= 0.6 is 11.6 Å². The molecular formula is C21H23ClN4O2S. The molecule has 0 aliphatic carbocycles. The van der Waals surface area contributed by atoms with E-state index in [0.29, 0.717) is 43.4 Å². The van der Waals surface area contributed by atoms with E-state index in [1.54, 1.807) is 4.31 Å². The number of aromatic nitrogens is 2. The number of para-hydroxylation sites is 1. The predicted octanol–water partition coefficient (Wildman–Crippen LogP) is 3.81. The van der Waals surface area contributed by atoms with Crippen molar-refractivity contribution >= 4 is 38.3 Å². The summed E-state index contributed by atoms with van der Waals surface area (Å²) in [5, 5.41) is 1.55. The van der Waals surface area contributed by atoms with Crippen LogP contribution in [0.3, 0.4) is 0 Å². The highest BCUT2D eigenvalue weighted by atomic mass is 35.5. The van der Waals surface area contributed by atoms with E-state index in [1.165, 1.54) is 0 Å². The van der Waals surface area contributed by atoms with Crippen molar-refractivity contribution in [2.45, 2.75) is 13.3 Å². The summed E-state index contributed by atoms with van der Waals surface area (Å²) in [4.78, 5) is 11.7. The first-order valence-corrected chi connectivity index (χ1v) is 11.7. The molecule has 0 bridgehead atoms. The van der Waals surface area contributed by atoms with Gasteiger partial charge in [-0.05, 0) is 30.7 Å². The molecule has 2 heterocycles. The van der Waals surface area contributed by atoms with Crippen LogP contribution in [0.5, 0.6) is 0 Å². The highest BCUT2D eigenvalue weighted by Gasteiger charge is 2.27. The van der Waals surface area contributed by atoms with Crippen LogP contribution in [0, 0.1) is 0 Å². The Morgan fingerprint density at radius 1 is 0.966 bits per heavy atom. The van der Waals surface area contributed by atoms with Crippen LogP contribution < -0.4 is 4.90 Å². The second-order valence-corrected chi connectivity index (χ2v) is 9.57. The zero-order valence-electron chi connectivity index (χ0n) is 16.3. The van der Waals surface area contributed by atoms with Gasteiger partial charge in [-0.3, -0.25) is 0 Å². The molecule has 1 aromatic heterocycles. The van der Waals surface area contributed by atoms with E-state index >= 15 is 0 Å². The van der Waals surface area contributed by atoms with E-state index in [9.17, 15) is 8.42 Å². The number of benzene rings is 2. The fraction of sp³-hybridized carbons (Fsp3) is 0.333. The van der Waals surface area contributed by atoms with Gasteiger partial charge < -0.3 is 4.90 Å². The molecule has 3 aromatic rings. The summed E-state index contributed by atoms with van der Waals surface area (Å²) in [5.41, 5.74) is 1.62. The number of anilines is 1. The van der Waals surface area contributed by atoms with Crippen LogP contribution in [0.2, 0.25) is 5.02 Å². The van der Waals surface area contributed by atoms with E-state index < -0.39 is 10.0 Å². The smallest absolute Gasteiger partial charge is 0.214 e. The summed E-state index contributed by atoms with van der Waals surface area (Å²) in [7, 11) is -3.18. The summed E-state index contributed by atoms with van der Waals surface area (Å²) in [5.74, 6) is 1.59. The van der Waals surface area contributed by atoms with Gasteiger partial charge in [-0.2, -0.15) is 4.31 Å². The van der Waals surface area contributed by atoms with Crippen LogP contribution in [0.25, 0.3) is 22.3 Å². The van der Waals surface area contributed by atoms with Crippen molar-refractivity contribution in [2.75, 3.05) is 36.8 Å². The lowest BCUT2D eigenvalue weighted by atomic mass is 10.1. The van der Waals surface area contributed by atoms with Crippen molar-refractivity contribution in [2.24, 2.45) is 0 Å². The Morgan fingerprint density at radius 3 is 2.38 bits per heavy atom. The summed E-state index contributed by atoms with van der Waals surface area (Å²) in [6, 6.07) is 15.4. The third-order valence-corrected chi connectivity index (χ3v) is 7.50. The maximum atomic E-state index is 12.4. The van der Waals surface area contributed by atoms with Crippen molar-refractivity contribution in [3.8, 4) is 11.4 Å². The molecule has 1 saturated heterocycles. The lowest BCUT2D eigenvalue weighted by Gasteiger charge is -2.35. The molecule has 1 aliphatic rings. The molecule has 0 radical (unpaired) electrons. The molecule has 0 amide bonds. The molecule has 0 atom stereocenters. The van der Waals surface area contributed by atoms with Gasteiger partial charge in [0.15, 0.2) is 5.82 Å². The average Bonchev–Trinajstić information content (AvgIpc) is 2.73. The SMILES string of the molecule is CCCS(=O)(=O)N1CCN(c2nc(-c3ccccc3Cl)nc3ccccc23)CC1. The summed E-state index contributed by atoms with van der Waals surface area (Å²) in [6.07, 6.45) is 0.625. The number of sulfonamides is 1. The molecule has 0 saturated carbocycles. The quantitative estimate of drug-likeness (QED) is 0.615. The van der Waals surface area contributed by atoms with E-state index in [0.717, 1.165) is 22.3 Å². The lowest BCUT2D eigenvalue weighted by Crippen LogP contribution is -2.49. The van der Waals surface area contributed by atoms with Gasteiger partial charge in [0, 0.05) is 37.1 Å². The number of piperazine rings is 1. The summed E-state index contributed by atoms with van der Waals surface area (Å²) < 4.78 is 26.4. The maximum Gasteiger partial charge on any atom is 0.214 e. The minimum atomic E-state index is -3.18. The Balaban J connectivity index is 1.70. The fourth-order valence-electron chi connectivity index (χ4n) is 3.63. The van der Waals surface area contributed by atoms with E-state index in [1.807, 2.05) is 55.5 Å². The first-order chi connectivity index (χ1) is 14.0. The van der Waals surface area contributed by atoms with Crippen molar-refractivity contribution in [3.05, 3.63) is 53.6 Å². The van der Waals surface area contributed by atoms with Gasteiger partial charge in [-0.25, -0.2) is 18.4 Å². The third kappa shape index (κ3) is 4.08. The number of rotatable bonds is 5. The molecule has 2 aromatic carbocycles. The topological polar surface area (TPSA) is 66.4 Å². The van der Waals surface area contributed by atoms with Crippen LogP contribution in [0.4, 0.5) is 5.82 Å². The molecule has 4 rings (SSSR count). The molecule has 0 unspecified atom stereocenters. The predicted molar refractivity (Wildman–Crippen MR) is 118 cm³/mol. The summed E-state index contributed by atoms with van der Waals surface area (Å²) >= 11 is 6.38. The standard InChI is InChI=1S/C21H23ClN4O2S/c1-2-15-29(27,28)26-13-11-25(12-14-26)21-17-8-4-6-10-19(17)23-20(24-21)16-7-3-5-9-18(16)22/h3-10H,2,11-15H2,1H3. The molecule has 0 spiro atoms. The third-order valence-electron chi connectivity index (χ3n) is 5.09. The van der Waals surface area contributed by atoms with Crippen LogP contribution in [-0.2, 0) is 10.0 Å². The summed E-state index contributed by atoms with van der Waals surface area (Å²) in [6.45, 7) is 3.99. The number of nitrogens with zero attached hydrogens (tertiary/aromatic N) is 4. The van der Waals surface area contributed by atoms with Gasteiger partial charge in [-0.15, -0.1) is 0 Å². The number of hydrogen-bond acceptors (Lipinski definition) is 5. The van der Waals surface area contributed by atoms with Crippen LogP contribution in [-0.4, -0.2) is 54.6 Å².